The summed E-state index contributed by atoms with van der Waals surface area (Å²) in [5, 5.41) is 13.9. The van der Waals surface area contributed by atoms with Crippen LogP contribution in [-0.2, 0) is 37.1 Å². The zero-order valence-electron chi connectivity index (χ0n) is 20.1. The molecule has 4 rings (SSSR count). The van der Waals surface area contributed by atoms with Gasteiger partial charge in [-0.05, 0) is 18.1 Å². The predicted molar refractivity (Wildman–Crippen MR) is 132 cm³/mol. The van der Waals surface area contributed by atoms with Crippen LogP contribution in [-0.4, -0.2) is 51.8 Å². The molecule has 11 heteroatoms. The molecular weight excluding hydrogens is 482 g/mol. The summed E-state index contributed by atoms with van der Waals surface area (Å²) >= 11 is 0. The molecular formula is C26H27N3O8. The van der Waals surface area contributed by atoms with Crippen molar-refractivity contribution in [3.63, 3.8) is 0 Å². The molecule has 0 amide bonds. The number of ether oxygens (including phenoxy) is 3. The molecule has 0 radical (unpaired) electrons. The van der Waals surface area contributed by atoms with E-state index in [9.17, 15) is 19.5 Å². The van der Waals surface area contributed by atoms with Gasteiger partial charge in [0, 0.05) is 18.5 Å². The van der Waals surface area contributed by atoms with E-state index >= 15 is 0 Å². The van der Waals surface area contributed by atoms with Gasteiger partial charge in [-0.1, -0.05) is 60.7 Å². The molecule has 0 aliphatic carbocycles. The van der Waals surface area contributed by atoms with Gasteiger partial charge in [-0.25, -0.2) is 9.59 Å². The Labute approximate surface area is 211 Å². The summed E-state index contributed by atoms with van der Waals surface area (Å²) in [6, 6.07) is 18.3. The van der Waals surface area contributed by atoms with E-state index in [2.05, 4.69) is 16.9 Å². The van der Waals surface area contributed by atoms with Crippen LogP contribution in [0.15, 0.2) is 81.6 Å². The van der Waals surface area contributed by atoms with Crippen molar-refractivity contribution in [3.05, 3.63) is 104 Å². The SMILES string of the molecule is C=NO[C@H]1[C@H](n2cc(C)c(=O)[nH]c2=O)O[C@@](COCc2ccccc2)(C(=O)O)[C@H]1OCc1ccccc1. The van der Waals surface area contributed by atoms with E-state index in [0.717, 1.165) is 15.7 Å². The highest BCUT2D eigenvalue weighted by atomic mass is 16.7. The summed E-state index contributed by atoms with van der Waals surface area (Å²) in [7, 11) is 0. The lowest BCUT2D eigenvalue weighted by Gasteiger charge is -2.30. The van der Waals surface area contributed by atoms with Gasteiger partial charge >= 0.3 is 11.7 Å². The molecule has 37 heavy (non-hydrogen) atoms. The lowest BCUT2D eigenvalue weighted by atomic mass is 9.95. The number of carboxylic acids is 1. The highest BCUT2D eigenvalue weighted by Gasteiger charge is 2.64. The number of benzene rings is 2. The smallest absolute Gasteiger partial charge is 0.341 e. The number of carboxylic acid groups (broad SMARTS) is 1. The summed E-state index contributed by atoms with van der Waals surface area (Å²) in [4.78, 5) is 45.1. The maximum atomic E-state index is 12.8. The lowest BCUT2D eigenvalue weighted by Crippen LogP contribution is -2.54. The second kappa shape index (κ2) is 11.3. The molecule has 194 valence electrons. The van der Waals surface area contributed by atoms with Gasteiger partial charge < -0.3 is 24.2 Å². The Hall–Kier alpha value is -4.06. The monoisotopic (exact) mass is 509 g/mol. The van der Waals surface area contributed by atoms with Crippen LogP contribution in [0.1, 0.15) is 22.9 Å². The number of H-pyrrole nitrogens is 1. The molecule has 1 aliphatic heterocycles. The van der Waals surface area contributed by atoms with E-state index < -0.39 is 47.9 Å². The minimum atomic E-state index is -2.09. The first-order valence-corrected chi connectivity index (χ1v) is 11.5. The van der Waals surface area contributed by atoms with Crippen LogP contribution >= 0.6 is 0 Å². The molecule has 11 nitrogen and oxygen atoms in total. The van der Waals surface area contributed by atoms with Crippen molar-refractivity contribution in [1.29, 1.82) is 0 Å². The maximum Gasteiger partial charge on any atom is 0.341 e. The highest BCUT2D eigenvalue weighted by molar-refractivity contribution is 5.79. The number of oxime groups is 1. The molecule has 2 aromatic carbocycles. The quantitative estimate of drug-likeness (QED) is 0.295. The number of nitrogens with one attached hydrogen (secondary N) is 1. The van der Waals surface area contributed by atoms with Crippen molar-refractivity contribution in [2.45, 2.75) is 44.2 Å². The third-order valence-electron chi connectivity index (χ3n) is 6.05. The molecule has 0 saturated carbocycles. The molecule has 1 saturated heterocycles. The molecule has 4 atom stereocenters. The van der Waals surface area contributed by atoms with Crippen LogP contribution in [0.4, 0.5) is 0 Å². The van der Waals surface area contributed by atoms with Crippen LogP contribution in [0.2, 0.25) is 0 Å². The van der Waals surface area contributed by atoms with Gasteiger partial charge in [0.15, 0.2) is 6.23 Å². The molecule has 1 aromatic heterocycles. The number of aryl methyl sites for hydroxylation is 1. The number of nitrogens with zero attached hydrogens (tertiary/aromatic N) is 2. The summed E-state index contributed by atoms with van der Waals surface area (Å²) < 4.78 is 19.0. The molecule has 3 aromatic rings. The standard InChI is InChI=1S/C26H27N3O8/c1-17-13-29(25(33)28-22(17)30)23-20(37-27-2)21(35-15-19-11-7-4-8-12-19)26(36-23,24(31)32)16-34-14-18-9-5-3-6-10-18/h3-13,20-21,23H,2,14-16H2,1H3,(H,31,32)(H,28,30,33)/t20-,21+,23-,26-/m1/s1. The Balaban J connectivity index is 1.72. The van der Waals surface area contributed by atoms with Crippen molar-refractivity contribution in [2.75, 3.05) is 6.61 Å². The molecule has 1 aliphatic rings. The first-order chi connectivity index (χ1) is 17.9. The number of aliphatic carboxylic acids is 1. The molecule has 2 N–H and O–H groups in total. The van der Waals surface area contributed by atoms with Gasteiger partial charge in [-0.15, -0.1) is 5.16 Å². The van der Waals surface area contributed by atoms with E-state index in [1.165, 1.54) is 13.1 Å². The van der Waals surface area contributed by atoms with Gasteiger partial charge in [0.25, 0.3) is 5.56 Å². The fourth-order valence-electron chi connectivity index (χ4n) is 4.18. The fourth-order valence-corrected chi connectivity index (χ4v) is 4.18. The zero-order chi connectivity index (χ0) is 26.4. The van der Waals surface area contributed by atoms with E-state index in [0.29, 0.717) is 0 Å². The van der Waals surface area contributed by atoms with E-state index in [4.69, 9.17) is 19.0 Å². The number of aromatic nitrogens is 2. The number of aromatic amines is 1. The zero-order valence-corrected chi connectivity index (χ0v) is 20.1. The van der Waals surface area contributed by atoms with Crippen molar-refractivity contribution < 1.29 is 28.9 Å². The lowest BCUT2D eigenvalue weighted by molar-refractivity contribution is -0.194. The highest BCUT2D eigenvalue weighted by Crippen LogP contribution is 2.41. The first kappa shape index (κ1) is 26.0. The fraction of sp³-hybridized carbons (Fsp3) is 0.308. The minimum Gasteiger partial charge on any atom is -0.479 e. The number of hydrogen-bond acceptors (Lipinski definition) is 8. The Morgan fingerprint density at radius 3 is 2.32 bits per heavy atom. The second-order valence-corrected chi connectivity index (χ2v) is 8.58. The maximum absolute atomic E-state index is 12.8. The van der Waals surface area contributed by atoms with Crippen LogP contribution in [0.5, 0.6) is 0 Å². The van der Waals surface area contributed by atoms with Crippen LogP contribution in [0.25, 0.3) is 0 Å². The summed E-state index contributed by atoms with van der Waals surface area (Å²) in [6.07, 6.45) is -2.57. The number of hydrogen-bond donors (Lipinski definition) is 2. The number of rotatable bonds is 11. The second-order valence-electron chi connectivity index (χ2n) is 8.58. The largest absolute Gasteiger partial charge is 0.479 e. The minimum absolute atomic E-state index is 0.0197. The van der Waals surface area contributed by atoms with Gasteiger partial charge in [0.1, 0.15) is 6.10 Å². The first-order valence-electron chi connectivity index (χ1n) is 11.5. The average molecular weight is 510 g/mol. The van der Waals surface area contributed by atoms with Gasteiger partial charge in [0.2, 0.25) is 11.7 Å². The topological polar surface area (TPSA) is 141 Å². The van der Waals surface area contributed by atoms with E-state index in [-0.39, 0.29) is 18.8 Å². The van der Waals surface area contributed by atoms with Gasteiger partial charge in [-0.3, -0.25) is 14.3 Å². The van der Waals surface area contributed by atoms with Gasteiger partial charge in [-0.2, -0.15) is 0 Å². The Morgan fingerprint density at radius 2 is 1.73 bits per heavy atom. The van der Waals surface area contributed by atoms with Crippen molar-refractivity contribution in [2.24, 2.45) is 5.16 Å². The Kier molecular flexibility index (Phi) is 7.97. The van der Waals surface area contributed by atoms with Crippen molar-refractivity contribution in [3.8, 4) is 0 Å². The molecule has 0 unspecified atom stereocenters. The summed E-state index contributed by atoms with van der Waals surface area (Å²) in [6.45, 7) is 4.55. The number of carbonyl (C=O) groups is 1. The van der Waals surface area contributed by atoms with E-state index in [1.54, 1.807) is 0 Å². The third-order valence-corrected chi connectivity index (χ3v) is 6.05. The molecule has 2 heterocycles. The predicted octanol–water partition coefficient (Wildman–Crippen LogP) is 2.00. The van der Waals surface area contributed by atoms with Crippen molar-refractivity contribution in [1.82, 2.24) is 9.55 Å². The Morgan fingerprint density at radius 1 is 1.11 bits per heavy atom. The Bertz CT molecular complexity index is 1340. The summed E-state index contributed by atoms with van der Waals surface area (Å²) in [5.41, 5.74) is -1.67. The summed E-state index contributed by atoms with van der Waals surface area (Å²) in [5.74, 6) is -1.38. The van der Waals surface area contributed by atoms with E-state index in [1.807, 2.05) is 60.7 Å². The third kappa shape index (κ3) is 5.53. The molecule has 1 fully saturated rings. The van der Waals surface area contributed by atoms with Crippen LogP contribution < -0.4 is 11.2 Å². The van der Waals surface area contributed by atoms with Crippen LogP contribution in [0.3, 0.4) is 0 Å². The molecule has 0 spiro atoms. The van der Waals surface area contributed by atoms with Gasteiger partial charge in [0.05, 0.1) is 19.8 Å². The molecule has 0 bridgehead atoms. The van der Waals surface area contributed by atoms with Crippen LogP contribution in [0, 0.1) is 6.92 Å². The van der Waals surface area contributed by atoms with Crippen molar-refractivity contribution >= 4 is 12.7 Å². The normalized spacial score (nSPS) is 23.0. The average Bonchev–Trinajstić information content (AvgIpc) is 3.20.